The number of ether oxygens (including phenoxy) is 2. The first kappa shape index (κ1) is 16.7. The number of carbonyl (C=O) groups excluding carboxylic acids is 2. The Labute approximate surface area is 137 Å². The summed E-state index contributed by atoms with van der Waals surface area (Å²) >= 11 is 1.16. The van der Waals surface area contributed by atoms with Crippen LogP contribution < -0.4 is 10.1 Å². The second-order valence-corrected chi connectivity index (χ2v) is 5.22. The Morgan fingerprint density at radius 2 is 2.22 bits per heavy atom. The molecule has 0 bridgehead atoms. The lowest BCUT2D eigenvalue weighted by atomic mass is 10.2. The Hall–Kier alpha value is -2.67. The molecule has 0 radical (unpaired) electrons. The molecule has 1 amide bonds. The molecule has 0 aliphatic heterocycles. The SMILES string of the molecule is CCOC(=O)c1csc(NC(=O)/C=C/c2cccc(OC)c2)n1. The smallest absolute Gasteiger partial charge is 0.357 e. The number of amides is 1. The molecule has 0 unspecified atom stereocenters. The van der Waals surface area contributed by atoms with Crippen molar-refractivity contribution in [3.8, 4) is 5.75 Å². The molecule has 0 aliphatic rings. The van der Waals surface area contributed by atoms with Crippen LogP contribution in [-0.2, 0) is 9.53 Å². The van der Waals surface area contributed by atoms with Gasteiger partial charge in [0, 0.05) is 11.5 Å². The van der Waals surface area contributed by atoms with Crippen molar-refractivity contribution in [2.75, 3.05) is 19.0 Å². The van der Waals surface area contributed by atoms with Crippen LogP contribution >= 0.6 is 11.3 Å². The molecule has 2 rings (SSSR count). The predicted molar refractivity (Wildman–Crippen MR) is 88.7 cm³/mol. The molecule has 0 aliphatic carbocycles. The fraction of sp³-hybridized carbons (Fsp3) is 0.188. The molecule has 0 saturated carbocycles. The Morgan fingerprint density at radius 1 is 1.39 bits per heavy atom. The topological polar surface area (TPSA) is 77.5 Å². The molecule has 1 aromatic carbocycles. The van der Waals surface area contributed by atoms with Gasteiger partial charge in [-0.3, -0.25) is 10.1 Å². The Bertz CT molecular complexity index is 724. The molecule has 6 nitrogen and oxygen atoms in total. The maximum Gasteiger partial charge on any atom is 0.357 e. The van der Waals surface area contributed by atoms with Gasteiger partial charge in [0.1, 0.15) is 5.75 Å². The van der Waals surface area contributed by atoms with Gasteiger partial charge in [-0.15, -0.1) is 11.3 Å². The zero-order valence-corrected chi connectivity index (χ0v) is 13.6. The van der Waals surface area contributed by atoms with E-state index in [9.17, 15) is 9.59 Å². The largest absolute Gasteiger partial charge is 0.497 e. The van der Waals surface area contributed by atoms with E-state index in [1.807, 2.05) is 24.3 Å². The van der Waals surface area contributed by atoms with Crippen LogP contribution in [0.2, 0.25) is 0 Å². The summed E-state index contributed by atoms with van der Waals surface area (Å²) in [5.74, 6) is -0.125. The molecule has 120 valence electrons. The number of anilines is 1. The number of carbonyl (C=O) groups is 2. The van der Waals surface area contributed by atoms with Crippen molar-refractivity contribution < 1.29 is 19.1 Å². The summed E-state index contributed by atoms with van der Waals surface area (Å²) in [6.07, 6.45) is 3.05. The Morgan fingerprint density at radius 3 is 2.96 bits per heavy atom. The maximum atomic E-state index is 11.9. The quantitative estimate of drug-likeness (QED) is 0.650. The second kappa shape index (κ2) is 8.09. The normalized spacial score (nSPS) is 10.5. The van der Waals surface area contributed by atoms with Gasteiger partial charge in [0.05, 0.1) is 13.7 Å². The Kier molecular flexibility index (Phi) is 5.87. The van der Waals surface area contributed by atoms with Gasteiger partial charge in [0.2, 0.25) is 5.91 Å². The number of nitrogens with zero attached hydrogens (tertiary/aromatic N) is 1. The molecule has 0 saturated heterocycles. The first-order chi connectivity index (χ1) is 11.1. The second-order valence-electron chi connectivity index (χ2n) is 4.36. The minimum Gasteiger partial charge on any atom is -0.497 e. The zero-order valence-electron chi connectivity index (χ0n) is 12.7. The van der Waals surface area contributed by atoms with E-state index in [1.54, 1.807) is 25.5 Å². The third-order valence-corrected chi connectivity index (χ3v) is 3.50. The highest BCUT2D eigenvalue weighted by Gasteiger charge is 2.12. The first-order valence-corrected chi connectivity index (χ1v) is 7.76. The van der Waals surface area contributed by atoms with Crippen LogP contribution in [0.4, 0.5) is 5.13 Å². The van der Waals surface area contributed by atoms with Crippen molar-refractivity contribution >= 4 is 34.4 Å². The average molecular weight is 332 g/mol. The summed E-state index contributed by atoms with van der Waals surface area (Å²) in [5, 5.41) is 4.48. The lowest BCUT2D eigenvalue weighted by molar-refractivity contribution is -0.111. The number of thiazole rings is 1. The highest BCUT2D eigenvalue weighted by molar-refractivity contribution is 7.14. The monoisotopic (exact) mass is 332 g/mol. The van der Waals surface area contributed by atoms with Crippen LogP contribution in [0.1, 0.15) is 23.0 Å². The van der Waals surface area contributed by atoms with Crippen LogP contribution in [0.3, 0.4) is 0 Å². The van der Waals surface area contributed by atoms with E-state index in [-0.39, 0.29) is 18.2 Å². The molecule has 0 fully saturated rings. The molecule has 2 aromatic rings. The summed E-state index contributed by atoms with van der Waals surface area (Å²) in [6, 6.07) is 7.33. The molecular weight excluding hydrogens is 316 g/mol. The van der Waals surface area contributed by atoms with E-state index in [4.69, 9.17) is 9.47 Å². The number of aromatic nitrogens is 1. The van der Waals surface area contributed by atoms with Crippen molar-refractivity contribution in [3.63, 3.8) is 0 Å². The van der Waals surface area contributed by atoms with Crippen molar-refractivity contribution in [1.82, 2.24) is 4.98 Å². The molecule has 1 heterocycles. The van der Waals surface area contributed by atoms with Crippen LogP contribution in [-0.4, -0.2) is 30.6 Å². The van der Waals surface area contributed by atoms with E-state index in [0.29, 0.717) is 10.9 Å². The third-order valence-electron chi connectivity index (χ3n) is 2.74. The van der Waals surface area contributed by atoms with Crippen LogP contribution in [0.25, 0.3) is 6.08 Å². The molecule has 23 heavy (non-hydrogen) atoms. The summed E-state index contributed by atoms with van der Waals surface area (Å²) in [5.41, 5.74) is 1.02. The van der Waals surface area contributed by atoms with Crippen LogP contribution in [0.15, 0.2) is 35.7 Å². The lowest BCUT2D eigenvalue weighted by Gasteiger charge is -2.00. The van der Waals surface area contributed by atoms with Crippen LogP contribution in [0.5, 0.6) is 5.75 Å². The summed E-state index contributed by atoms with van der Waals surface area (Å²) in [4.78, 5) is 27.4. The third kappa shape index (κ3) is 4.93. The van der Waals surface area contributed by atoms with Gasteiger partial charge in [0.25, 0.3) is 0 Å². The summed E-state index contributed by atoms with van der Waals surface area (Å²) in [6.45, 7) is 2.00. The summed E-state index contributed by atoms with van der Waals surface area (Å²) < 4.78 is 9.96. The van der Waals surface area contributed by atoms with E-state index in [0.717, 1.165) is 16.9 Å². The first-order valence-electron chi connectivity index (χ1n) is 6.88. The predicted octanol–water partition coefficient (Wildman–Crippen LogP) is 2.98. The number of esters is 1. The summed E-state index contributed by atoms with van der Waals surface area (Å²) in [7, 11) is 1.58. The van der Waals surface area contributed by atoms with Gasteiger partial charge in [-0.05, 0) is 30.7 Å². The van der Waals surface area contributed by atoms with Crippen LogP contribution in [0, 0.1) is 0 Å². The fourth-order valence-corrected chi connectivity index (χ4v) is 2.38. The van der Waals surface area contributed by atoms with Gasteiger partial charge in [-0.25, -0.2) is 9.78 Å². The minimum atomic E-state index is -0.504. The zero-order chi connectivity index (χ0) is 16.7. The van der Waals surface area contributed by atoms with Gasteiger partial charge in [-0.2, -0.15) is 0 Å². The van der Waals surface area contributed by atoms with Crippen molar-refractivity contribution in [3.05, 3.63) is 47.0 Å². The number of methoxy groups -OCH3 is 1. The molecule has 1 N–H and O–H groups in total. The highest BCUT2D eigenvalue weighted by atomic mass is 32.1. The number of rotatable bonds is 6. The fourth-order valence-electron chi connectivity index (χ4n) is 1.69. The van der Waals surface area contributed by atoms with Crippen molar-refractivity contribution in [2.24, 2.45) is 0 Å². The average Bonchev–Trinajstić information content (AvgIpc) is 3.02. The van der Waals surface area contributed by atoms with Crippen molar-refractivity contribution in [1.29, 1.82) is 0 Å². The molecule has 7 heteroatoms. The van der Waals surface area contributed by atoms with Gasteiger partial charge in [-0.1, -0.05) is 12.1 Å². The maximum absolute atomic E-state index is 11.9. The lowest BCUT2D eigenvalue weighted by Crippen LogP contribution is -2.09. The van der Waals surface area contributed by atoms with Gasteiger partial charge in [0.15, 0.2) is 10.8 Å². The molecule has 0 spiro atoms. The van der Waals surface area contributed by atoms with E-state index >= 15 is 0 Å². The number of hydrogen-bond donors (Lipinski definition) is 1. The van der Waals surface area contributed by atoms with E-state index < -0.39 is 5.97 Å². The minimum absolute atomic E-state index is 0.184. The number of benzene rings is 1. The number of hydrogen-bond acceptors (Lipinski definition) is 6. The molecule has 1 aromatic heterocycles. The standard InChI is InChI=1S/C16H16N2O4S/c1-3-22-15(20)13-10-23-16(17-13)18-14(19)8-7-11-5-4-6-12(9-11)21-2/h4-10H,3H2,1-2H3,(H,17,18,19)/b8-7+. The highest BCUT2D eigenvalue weighted by Crippen LogP contribution is 2.17. The van der Waals surface area contributed by atoms with E-state index in [1.165, 1.54) is 6.08 Å². The van der Waals surface area contributed by atoms with Gasteiger partial charge >= 0.3 is 5.97 Å². The number of nitrogens with one attached hydrogen (secondary N) is 1. The molecular formula is C16H16N2O4S. The Balaban J connectivity index is 1.96. The van der Waals surface area contributed by atoms with Gasteiger partial charge < -0.3 is 9.47 Å². The van der Waals surface area contributed by atoms with Crippen molar-refractivity contribution in [2.45, 2.75) is 6.92 Å². The molecule has 0 atom stereocenters. The van der Waals surface area contributed by atoms with E-state index in [2.05, 4.69) is 10.3 Å².